The minimum Gasteiger partial charge on any atom is -0.350 e. The average molecular weight is 407 g/mol. The molecule has 2 fully saturated rings. The standard InChI is InChI=1S/C23H25N3O4/c27-22(24-15-18-11-5-7-13-20(18)26(29)30)21-14-17-10-4-6-12-19(17)25(21)23(28)16-8-2-1-3-9-16/h1-3,5,7-9,11,13,17,19,21H,4,6,10,12,14-15H2,(H,24,27). The monoisotopic (exact) mass is 407 g/mol. The van der Waals surface area contributed by atoms with Crippen molar-refractivity contribution in [2.75, 3.05) is 0 Å². The summed E-state index contributed by atoms with van der Waals surface area (Å²) in [5.41, 5.74) is 1.02. The van der Waals surface area contributed by atoms with Gasteiger partial charge in [0.1, 0.15) is 6.04 Å². The number of benzene rings is 2. The van der Waals surface area contributed by atoms with E-state index < -0.39 is 11.0 Å². The van der Waals surface area contributed by atoms with Crippen LogP contribution >= 0.6 is 0 Å². The van der Waals surface area contributed by atoms with Crippen molar-refractivity contribution in [3.05, 3.63) is 75.8 Å². The van der Waals surface area contributed by atoms with Gasteiger partial charge in [0.2, 0.25) is 5.91 Å². The summed E-state index contributed by atoms with van der Waals surface area (Å²) in [6.45, 7) is 0.0647. The zero-order valence-electron chi connectivity index (χ0n) is 16.7. The number of nitro groups is 1. The van der Waals surface area contributed by atoms with Crippen molar-refractivity contribution in [3.63, 3.8) is 0 Å². The molecule has 7 heteroatoms. The lowest BCUT2D eigenvalue weighted by Crippen LogP contribution is -2.49. The average Bonchev–Trinajstić information content (AvgIpc) is 3.17. The molecular formula is C23H25N3O4. The van der Waals surface area contributed by atoms with Gasteiger partial charge in [-0.1, -0.05) is 49.2 Å². The lowest BCUT2D eigenvalue weighted by atomic mass is 9.84. The number of hydrogen-bond donors (Lipinski definition) is 1. The highest BCUT2D eigenvalue weighted by Crippen LogP contribution is 2.40. The number of carbonyl (C=O) groups is 2. The number of nitro benzene ring substituents is 1. The van der Waals surface area contributed by atoms with E-state index in [4.69, 9.17) is 0 Å². The molecule has 3 atom stereocenters. The van der Waals surface area contributed by atoms with Crippen LogP contribution in [0, 0.1) is 16.0 Å². The number of fused-ring (bicyclic) bond motifs is 1. The van der Waals surface area contributed by atoms with Crippen LogP contribution in [-0.2, 0) is 11.3 Å². The molecule has 1 heterocycles. The number of nitrogens with one attached hydrogen (secondary N) is 1. The van der Waals surface area contributed by atoms with Crippen LogP contribution in [0.25, 0.3) is 0 Å². The van der Waals surface area contributed by atoms with Gasteiger partial charge in [0, 0.05) is 29.8 Å². The highest BCUT2D eigenvalue weighted by Gasteiger charge is 2.47. The van der Waals surface area contributed by atoms with Crippen LogP contribution in [-0.4, -0.2) is 33.7 Å². The predicted octanol–water partition coefficient (Wildman–Crippen LogP) is 3.68. The van der Waals surface area contributed by atoms with Crippen LogP contribution in [0.3, 0.4) is 0 Å². The first-order chi connectivity index (χ1) is 14.6. The molecule has 0 bridgehead atoms. The second-order valence-electron chi connectivity index (χ2n) is 8.05. The summed E-state index contributed by atoms with van der Waals surface area (Å²) in [4.78, 5) is 39.0. The smallest absolute Gasteiger partial charge is 0.274 e. The van der Waals surface area contributed by atoms with Gasteiger partial charge in [-0.2, -0.15) is 0 Å². The van der Waals surface area contributed by atoms with Crippen LogP contribution < -0.4 is 5.32 Å². The third-order valence-corrected chi connectivity index (χ3v) is 6.29. The lowest BCUT2D eigenvalue weighted by Gasteiger charge is -2.33. The molecule has 1 saturated heterocycles. The van der Waals surface area contributed by atoms with Crippen molar-refractivity contribution < 1.29 is 14.5 Å². The first-order valence-electron chi connectivity index (χ1n) is 10.4. The Morgan fingerprint density at radius 1 is 1.03 bits per heavy atom. The van der Waals surface area contributed by atoms with Gasteiger partial charge in [0.15, 0.2) is 0 Å². The van der Waals surface area contributed by atoms with E-state index in [9.17, 15) is 19.7 Å². The molecule has 4 rings (SSSR count). The molecule has 1 saturated carbocycles. The maximum absolute atomic E-state index is 13.3. The zero-order valence-corrected chi connectivity index (χ0v) is 16.7. The van der Waals surface area contributed by atoms with Crippen molar-refractivity contribution in [1.82, 2.24) is 10.2 Å². The molecule has 30 heavy (non-hydrogen) atoms. The number of likely N-dealkylation sites (tertiary alicyclic amines) is 1. The Morgan fingerprint density at radius 2 is 1.73 bits per heavy atom. The summed E-state index contributed by atoms with van der Waals surface area (Å²) >= 11 is 0. The second kappa shape index (κ2) is 8.65. The maximum Gasteiger partial charge on any atom is 0.274 e. The summed E-state index contributed by atoms with van der Waals surface area (Å²) in [6.07, 6.45) is 4.77. The fraction of sp³-hybridized carbons (Fsp3) is 0.391. The Balaban J connectivity index is 1.54. The Bertz CT molecular complexity index is 946. The van der Waals surface area contributed by atoms with Gasteiger partial charge in [-0.3, -0.25) is 19.7 Å². The number of nitrogens with zero attached hydrogens (tertiary/aromatic N) is 2. The molecule has 2 amide bonds. The molecule has 1 aliphatic carbocycles. The number of rotatable bonds is 5. The van der Waals surface area contributed by atoms with E-state index in [0.717, 1.165) is 25.7 Å². The van der Waals surface area contributed by atoms with E-state index in [0.29, 0.717) is 23.5 Å². The lowest BCUT2D eigenvalue weighted by molar-refractivity contribution is -0.385. The number of carbonyl (C=O) groups excluding carboxylic acids is 2. The first-order valence-corrected chi connectivity index (χ1v) is 10.4. The van der Waals surface area contributed by atoms with Gasteiger partial charge in [0.25, 0.3) is 11.6 Å². The van der Waals surface area contributed by atoms with Crippen LogP contribution in [0.1, 0.15) is 48.0 Å². The molecule has 1 aliphatic heterocycles. The van der Waals surface area contributed by atoms with Gasteiger partial charge < -0.3 is 10.2 Å². The topological polar surface area (TPSA) is 92.5 Å². The van der Waals surface area contributed by atoms with Gasteiger partial charge in [-0.05, 0) is 37.3 Å². The van der Waals surface area contributed by atoms with Crippen LogP contribution in [0.2, 0.25) is 0 Å². The van der Waals surface area contributed by atoms with Crippen molar-refractivity contribution in [2.24, 2.45) is 5.92 Å². The molecule has 0 spiro atoms. The Kier molecular flexibility index (Phi) is 5.79. The Hall–Kier alpha value is -3.22. The molecule has 156 valence electrons. The largest absolute Gasteiger partial charge is 0.350 e. The van der Waals surface area contributed by atoms with E-state index >= 15 is 0 Å². The fourth-order valence-electron chi connectivity index (χ4n) is 4.85. The Labute approximate surface area is 175 Å². The fourth-order valence-corrected chi connectivity index (χ4v) is 4.85. The van der Waals surface area contributed by atoms with Crippen molar-refractivity contribution in [1.29, 1.82) is 0 Å². The summed E-state index contributed by atoms with van der Waals surface area (Å²) in [6, 6.07) is 15.0. The molecule has 7 nitrogen and oxygen atoms in total. The highest BCUT2D eigenvalue weighted by atomic mass is 16.6. The number of hydrogen-bond acceptors (Lipinski definition) is 4. The van der Waals surface area contributed by atoms with E-state index in [-0.39, 0.29) is 30.1 Å². The van der Waals surface area contributed by atoms with Crippen molar-refractivity contribution in [2.45, 2.75) is 50.7 Å². The first kappa shape index (κ1) is 20.1. The molecule has 0 aromatic heterocycles. The van der Waals surface area contributed by atoms with Crippen LogP contribution in [0.5, 0.6) is 0 Å². The van der Waals surface area contributed by atoms with E-state index in [2.05, 4.69) is 5.32 Å². The highest BCUT2D eigenvalue weighted by molar-refractivity contribution is 5.98. The number of amides is 2. The molecule has 3 unspecified atom stereocenters. The SMILES string of the molecule is O=C(NCc1ccccc1[N+](=O)[O-])C1CC2CCCCC2N1C(=O)c1ccccc1. The van der Waals surface area contributed by atoms with E-state index in [1.54, 1.807) is 35.2 Å². The van der Waals surface area contributed by atoms with Crippen LogP contribution in [0.4, 0.5) is 5.69 Å². The molecule has 2 aromatic rings. The molecule has 1 N–H and O–H groups in total. The van der Waals surface area contributed by atoms with E-state index in [1.807, 2.05) is 18.2 Å². The minimum absolute atomic E-state index is 0.0184. The zero-order chi connectivity index (χ0) is 21.1. The van der Waals surface area contributed by atoms with E-state index in [1.165, 1.54) is 6.07 Å². The molecule has 0 radical (unpaired) electrons. The normalized spacial score (nSPS) is 22.9. The van der Waals surface area contributed by atoms with Crippen LogP contribution in [0.15, 0.2) is 54.6 Å². The third kappa shape index (κ3) is 3.92. The van der Waals surface area contributed by atoms with Gasteiger partial charge in [-0.15, -0.1) is 0 Å². The predicted molar refractivity (Wildman–Crippen MR) is 112 cm³/mol. The third-order valence-electron chi connectivity index (χ3n) is 6.29. The molecule has 2 aliphatic rings. The summed E-state index contributed by atoms with van der Waals surface area (Å²) in [5.74, 6) is -0.0316. The molecule has 2 aromatic carbocycles. The quantitative estimate of drug-likeness (QED) is 0.604. The van der Waals surface area contributed by atoms with Gasteiger partial charge in [-0.25, -0.2) is 0 Å². The second-order valence-corrected chi connectivity index (χ2v) is 8.05. The van der Waals surface area contributed by atoms with Gasteiger partial charge >= 0.3 is 0 Å². The Morgan fingerprint density at radius 3 is 2.50 bits per heavy atom. The summed E-state index contributed by atoms with van der Waals surface area (Å²) < 4.78 is 0. The minimum atomic E-state index is -0.548. The molecular weight excluding hydrogens is 382 g/mol. The maximum atomic E-state index is 13.3. The van der Waals surface area contributed by atoms with Gasteiger partial charge in [0.05, 0.1) is 4.92 Å². The summed E-state index contributed by atoms with van der Waals surface area (Å²) in [5, 5.41) is 14.1. The van der Waals surface area contributed by atoms with Crippen molar-refractivity contribution >= 4 is 17.5 Å². The summed E-state index contributed by atoms with van der Waals surface area (Å²) in [7, 11) is 0. The van der Waals surface area contributed by atoms with Crippen molar-refractivity contribution in [3.8, 4) is 0 Å². The number of para-hydroxylation sites is 1.